The van der Waals surface area contributed by atoms with Crippen molar-refractivity contribution in [3.05, 3.63) is 24.0 Å². The number of pyridine rings is 1. The predicted molar refractivity (Wildman–Crippen MR) is 55.9 cm³/mol. The fourth-order valence-corrected chi connectivity index (χ4v) is 1.44. The summed E-state index contributed by atoms with van der Waals surface area (Å²) in [6, 6.07) is 2.02. The highest BCUT2D eigenvalue weighted by Gasteiger charge is 2.03. The summed E-state index contributed by atoms with van der Waals surface area (Å²) in [4.78, 5) is 4.05. The SMILES string of the molecule is Cc1cncc(NCC[P+](C)=O)c1. The lowest BCUT2D eigenvalue weighted by molar-refractivity contribution is 0.591. The van der Waals surface area contributed by atoms with E-state index in [9.17, 15) is 4.57 Å². The Balaban J connectivity index is 2.41. The number of aryl methyl sites for hydroxylation is 1. The molecule has 0 radical (unpaired) electrons. The van der Waals surface area contributed by atoms with E-state index in [-0.39, 0.29) is 0 Å². The first-order valence-corrected chi connectivity index (χ1v) is 6.11. The normalized spacial score (nSPS) is 11.1. The van der Waals surface area contributed by atoms with Crippen LogP contribution in [0.25, 0.3) is 0 Å². The Bertz CT molecular complexity index is 301. The molecule has 0 saturated carbocycles. The van der Waals surface area contributed by atoms with Crippen LogP contribution in [0, 0.1) is 6.92 Å². The Morgan fingerprint density at radius 1 is 1.54 bits per heavy atom. The Morgan fingerprint density at radius 2 is 2.31 bits per heavy atom. The van der Waals surface area contributed by atoms with Gasteiger partial charge < -0.3 is 5.32 Å². The fourth-order valence-electron chi connectivity index (χ4n) is 1.01. The quantitative estimate of drug-likeness (QED) is 0.753. The van der Waals surface area contributed by atoms with Crippen molar-refractivity contribution in [3.8, 4) is 0 Å². The van der Waals surface area contributed by atoms with E-state index in [0.717, 1.165) is 17.8 Å². The number of anilines is 1. The molecule has 1 aromatic heterocycles. The first-order chi connectivity index (χ1) is 6.18. The minimum atomic E-state index is -1.04. The summed E-state index contributed by atoms with van der Waals surface area (Å²) in [6.07, 6.45) is 4.30. The van der Waals surface area contributed by atoms with Crippen LogP contribution in [0.4, 0.5) is 5.69 Å². The Hall–Kier alpha value is -0.950. The van der Waals surface area contributed by atoms with E-state index in [1.807, 2.05) is 19.2 Å². The Morgan fingerprint density at radius 3 is 2.92 bits per heavy atom. The van der Waals surface area contributed by atoms with E-state index >= 15 is 0 Å². The lowest BCUT2D eigenvalue weighted by Crippen LogP contribution is -2.03. The van der Waals surface area contributed by atoms with Gasteiger partial charge in [-0.3, -0.25) is 4.98 Å². The van der Waals surface area contributed by atoms with Gasteiger partial charge in [-0.05, 0) is 18.6 Å². The van der Waals surface area contributed by atoms with Gasteiger partial charge in [0.2, 0.25) is 0 Å². The Kier molecular flexibility index (Phi) is 3.84. The number of aromatic nitrogens is 1. The lowest BCUT2D eigenvalue weighted by Gasteiger charge is -2.02. The van der Waals surface area contributed by atoms with Gasteiger partial charge in [0.15, 0.2) is 6.16 Å². The zero-order chi connectivity index (χ0) is 9.68. The topological polar surface area (TPSA) is 42.0 Å². The van der Waals surface area contributed by atoms with Crippen LogP contribution < -0.4 is 5.32 Å². The zero-order valence-corrected chi connectivity index (χ0v) is 8.84. The molecule has 13 heavy (non-hydrogen) atoms. The van der Waals surface area contributed by atoms with Crippen molar-refractivity contribution in [3.63, 3.8) is 0 Å². The van der Waals surface area contributed by atoms with Gasteiger partial charge in [0, 0.05) is 12.4 Å². The second-order valence-corrected chi connectivity index (χ2v) is 4.73. The molecule has 0 saturated heterocycles. The molecule has 1 rings (SSSR count). The summed E-state index contributed by atoms with van der Waals surface area (Å²) in [5.41, 5.74) is 2.13. The standard InChI is InChI=1S/C9H14N2OP/c1-8-5-9(7-10-6-8)11-3-4-13(2)12/h5-7,11H,3-4H2,1-2H3/q+1. The van der Waals surface area contributed by atoms with Crippen LogP contribution >= 0.6 is 7.80 Å². The van der Waals surface area contributed by atoms with Crippen LogP contribution in [0.15, 0.2) is 18.5 Å². The minimum Gasteiger partial charge on any atom is -0.380 e. The molecule has 1 aromatic rings. The summed E-state index contributed by atoms with van der Waals surface area (Å²) in [5.74, 6) is 0. The van der Waals surface area contributed by atoms with Crippen LogP contribution in [-0.2, 0) is 4.57 Å². The molecule has 1 N–H and O–H groups in total. The highest BCUT2D eigenvalue weighted by Crippen LogP contribution is 2.13. The second-order valence-electron chi connectivity index (χ2n) is 3.03. The summed E-state index contributed by atoms with van der Waals surface area (Å²) in [5, 5.41) is 3.17. The average Bonchev–Trinajstić information content (AvgIpc) is 2.03. The molecule has 0 amide bonds. The molecule has 70 valence electrons. The van der Waals surface area contributed by atoms with Gasteiger partial charge in [0.05, 0.1) is 12.2 Å². The number of hydrogen-bond acceptors (Lipinski definition) is 3. The van der Waals surface area contributed by atoms with Crippen molar-refractivity contribution in [2.75, 3.05) is 24.7 Å². The molecule has 0 aliphatic rings. The van der Waals surface area contributed by atoms with Gasteiger partial charge in [-0.15, -0.1) is 0 Å². The molecule has 0 aliphatic carbocycles. The molecule has 3 nitrogen and oxygen atoms in total. The van der Waals surface area contributed by atoms with Gasteiger partial charge in [-0.2, -0.15) is 0 Å². The molecule has 0 bridgehead atoms. The number of nitrogens with zero attached hydrogens (tertiary/aromatic N) is 1. The van der Waals surface area contributed by atoms with Gasteiger partial charge >= 0.3 is 7.80 Å². The number of nitrogens with one attached hydrogen (secondary N) is 1. The highest BCUT2D eigenvalue weighted by molar-refractivity contribution is 7.43. The third-order valence-corrected chi connectivity index (χ3v) is 2.48. The maximum absolute atomic E-state index is 10.8. The summed E-state index contributed by atoms with van der Waals surface area (Å²) in [6.45, 7) is 4.49. The van der Waals surface area contributed by atoms with Gasteiger partial charge in [-0.25, -0.2) is 0 Å². The third kappa shape index (κ3) is 4.00. The van der Waals surface area contributed by atoms with Crippen LogP contribution in [0.3, 0.4) is 0 Å². The van der Waals surface area contributed by atoms with Gasteiger partial charge in [0.1, 0.15) is 6.66 Å². The molecular formula is C9H14N2OP+. The Labute approximate surface area is 79.4 Å². The van der Waals surface area contributed by atoms with Gasteiger partial charge in [0.25, 0.3) is 0 Å². The third-order valence-electron chi connectivity index (χ3n) is 1.63. The lowest BCUT2D eigenvalue weighted by atomic mass is 10.3. The highest BCUT2D eigenvalue weighted by atomic mass is 31.1. The molecule has 0 aliphatic heterocycles. The van der Waals surface area contributed by atoms with E-state index in [0.29, 0.717) is 6.16 Å². The van der Waals surface area contributed by atoms with Crippen LogP contribution in [0.2, 0.25) is 0 Å². The van der Waals surface area contributed by atoms with Crippen molar-refractivity contribution in [2.24, 2.45) is 0 Å². The molecule has 0 spiro atoms. The molecule has 0 fully saturated rings. The maximum atomic E-state index is 10.8. The first-order valence-electron chi connectivity index (χ1n) is 4.22. The van der Waals surface area contributed by atoms with E-state index in [1.54, 1.807) is 12.9 Å². The summed E-state index contributed by atoms with van der Waals surface area (Å²) >= 11 is 0. The monoisotopic (exact) mass is 197 g/mol. The molecule has 1 atom stereocenters. The average molecular weight is 197 g/mol. The second kappa shape index (κ2) is 4.93. The van der Waals surface area contributed by atoms with E-state index < -0.39 is 7.80 Å². The molecule has 1 unspecified atom stereocenters. The van der Waals surface area contributed by atoms with Crippen molar-refractivity contribution in [1.82, 2.24) is 4.98 Å². The summed E-state index contributed by atoms with van der Waals surface area (Å²) < 4.78 is 10.8. The largest absolute Gasteiger partial charge is 0.380 e. The van der Waals surface area contributed by atoms with Crippen molar-refractivity contribution in [2.45, 2.75) is 6.92 Å². The smallest absolute Gasteiger partial charge is 0.337 e. The van der Waals surface area contributed by atoms with Crippen LogP contribution in [-0.4, -0.2) is 24.4 Å². The first kappa shape index (κ1) is 10.1. The van der Waals surface area contributed by atoms with Crippen LogP contribution in [0.5, 0.6) is 0 Å². The summed E-state index contributed by atoms with van der Waals surface area (Å²) in [7, 11) is -1.04. The van der Waals surface area contributed by atoms with E-state index in [1.165, 1.54) is 0 Å². The van der Waals surface area contributed by atoms with E-state index in [4.69, 9.17) is 0 Å². The fraction of sp³-hybridized carbons (Fsp3) is 0.444. The molecule has 1 heterocycles. The molecule has 4 heteroatoms. The maximum Gasteiger partial charge on any atom is 0.337 e. The van der Waals surface area contributed by atoms with Crippen molar-refractivity contribution < 1.29 is 4.57 Å². The van der Waals surface area contributed by atoms with Crippen LogP contribution in [0.1, 0.15) is 5.56 Å². The predicted octanol–water partition coefficient (Wildman–Crippen LogP) is 2.26. The number of hydrogen-bond donors (Lipinski definition) is 1. The van der Waals surface area contributed by atoms with E-state index in [2.05, 4.69) is 10.3 Å². The van der Waals surface area contributed by atoms with Gasteiger partial charge in [-0.1, -0.05) is 4.57 Å². The minimum absolute atomic E-state index is 0.712. The molecular weight excluding hydrogens is 183 g/mol. The number of rotatable bonds is 4. The van der Waals surface area contributed by atoms with Crippen molar-refractivity contribution >= 4 is 13.5 Å². The van der Waals surface area contributed by atoms with Crippen molar-refractivity contribution in [1.29, 1.82) is 0 Å². The molecule has 0 aromatic carbocycles. The zero-order valence-electron chi connectivity index (χ0n) is 7.95.